The lowest BCUT2D eigenvalue weighted by molar-refractivity contribution is 0.323. The van der Waals surface area contributed by atoms with E-state index in [-0.39, 0.29) is 18.4 Å². The van der Waals surface area contributed by atoms with Crippen LogP contribution < -0.4 is 19.5 Å². The molecule has 24 heavy (non-hydrogen) atoms. The number of aromatic nitrogens is 2. The quantitative estimate of drug-likeness (QED) is 0.878. The van der Waals surface area contributed by atoms with Gasteiger partial charge in [0.25, 0.3) is 0 Å². The van der Waals surface area contributed by atoms with E-state index in [0.717, 1.165) is 0 Å². The van der Waals surface area contributed by atoms with Crippen molar-refractivity contribution in [3.8, 4) is 28.6 Å². The van der Waals surface area contributed by atoms with Crippen molar-refractivity contribution in [3.05, 3.63) is 18.0 Å². The van der Waals surface area contributed by atoms with Crippen molar-refractivity contribution in [3.63, 3.8) is 0 Å². The summed E-state index contributed by atoms with van der Waals surface area (Å²) in [5.41, 5.74) is 0.657. The zero-order valence-corrected chi connectivity index (χ0v) is 14.4. The van der Waals surface area contributed by atoms with Gasteiger partial charge in [0.1, 0.15) is 6.17 Å². The maximum atomic E-state index is 13.3. The zero-order valence-electron chi connectivity index (χ0n) is 13.5. The molecule has 2 heterocycles. The fourth-order valence-electron chi connectivity index (χ4n) is 2.58. The van der Waals surface area contributed by atoms with Crippen LogP contribution in [0.25, 0.3) is 11.4 Å². The number of hydrogen-bond acceptors (Lipinski definition) is 7. The van der Waals surface area contributed by atoms with Crippen LogP contribution in [0.15, 0.2) is 16.7 Å². The second kappa shape index (κ2) is 7.67. The molecule has 0 radical (unpaired) electrons. The summed E-state index contributed by atoms with van der Waals surface area (Å²) >= 11 is 0. The first kappa shape index (κ1) is 18.3. The average molecular weight is 360 g/mol. The Bertz CT molecular complexity index is 672. The number of hydrogen-bond donors (Lipinski definition) is 1. The highest BCUT2D eigenvalue weighted by atomic mass is 35.5. The van der Waals surface area contributed by atoms with E-state index in [2.05, 4.69) is 15.5 Å². The van der Waals surface area contributed by atoms with E-state index in [1.54, 1.807) is 12.1 Å². The fourth-order valence-corrected chi connectivity index (χ4v) is 2.58. The van der Waals surface area contributed by atoms with Gasteiger partial charge in [-0.2, -0.15) is 4.98 Å². The average Bonchev–Trinajstić information content (AvgIpc) is 3.22. The number of nitrogens with one attached hydrogen (secondary N) is 1. The molecule has 0 amide bonds. The Morgan fingerprint density at radius 3 is 2.33 bits per heavy atom. The molecular weight excluding hydrogens is 341 g/mol. The summed E-state index contributed by atoms with van der Waals surface area (Å²) in [6, 6.07) is 3.21. The van der Waals surface area contributed by atoms with E-state index in [1.807, 2.05) is 0 Å². The van der Waals surface area contributed by atoms with Crippen LogP contribution in [0, 0.1) is 0 Å². The van der Waals surface area contributed by atoms with Crippen molar-refractivity contribution in [1.29, 1.82) is 0 Å². The Kier molecular flexibility index (Phi) is 5.84. The van der Waals surface area contributed by atoms with E-state index in [0.29, 0.717) is 47.5 Å². The number of rotatable bonds is 5. The van der Waals surface area contributed by atoms with E-state index in [1.165, 1.54) is 21.3 Å². The molecule has 1 aliphatic rings. The van der Waals surface area contributed by atoms with Gasteiger partial charge < -0.3 is 24.1 Å². The first-order chi connectivity index (χ1) is 11.2. The van der Waals surface area contributed by atoms with Gasteiger partial charge in [0.2, 0.25) is 17.5 Å². The molecule has 0 unspecified atom stereocenters. The van der Waals surface area contributed by atoms with Crippen molar-refractivity contribution < 1.29 is 23.1 Å². The van der Waals surface area contributed by atoms with E-state index < -0.39 is 6.17 Å². The molecule has 1 saturated heterocycles. The predicted octanol–water partition coefficient (Wildman–Crippen LogP) is 2.56. The van der Waals surface area contributed by atoms with Crippen LogP contribution in [-0.4, -0.2) is 44.2 Å². The number of nitrogens with zero attached hydrogens (tertiary/aromatic N) is 2. The summed E-state index contributed by atoms with van der Waals surface area (Å²) in [7, 11) is 4.60. The first-order valence-electron chi connectivity index (χ1n) is 7.17. The minimum absolute atomic E-state index is 0. The molecule has 3 rings (SSSR count). The van der Waals surface area contributed by atoms with Crippen LogP contribution in [-0.2, 0) is 0 Å². The highest BCUT2D eigenvalue weighted by Gasteiger charge is 2.29. The van der Waals surface area contributed by atoms with Gasteiger partial charge in [-0.05, 0) is 12.1 Å². The molecule has 1 N–H and O–H groups in total. The minimum Gasteiger partial charge on any atom is -0.493 e. The molecule has 0 aliphatic carbocycles. The number of ether oxygens (including phenoxy) is 3. The van der Waals surface area contributed by atoms with E-state index in [4.69, 9.17) is 18.7 Å². The van der Waals surface area contributed by atoms with Crippen LogP contribution in [0.1, 0.15) is 18.4 Å². The lowest BCUT2D eigenvalue weighted by Gasteiger charge is -2.12. The lowest BCUT2D eigenvalue weighted by Crippen LogP contribution is -2.14. The molecule has 132 valence electrons. The molecule has 0 bridgehead atoms. The maximum Gasteiger partial charge on any atom is 0.244 e. The molecule has 1 aromatic carbocycles. The van der Waals surface area contributed by atoms with Gasteiger partial charge in [0, 0.05) is 18.5 Å². The summed E-state index contributed by atoms with van der Waals surface area (Å²) < 4.78 is 34.4. The molecule has 9 heteroatoms. The highest BCUT2D eigenvalue weighted by Crippen LogP contribution is 2.40. The Balaban J connectivity index is 0.00000208. The molecule has 7 nitrogen and oxygen atoms in total. The van der Waals surface area contributed by atoms with Crippen molar-refractivity contribution in [2.75, 3.05) is 27.9 Å². The van der Waals surface area contributed by atoms with Crippen LogP contribution in [0.4, 0.5) is 4.39 Å². The number of benzene rings is 1. The molecule has 2 atom stereocenters. The number of methoxy groups -OCH3 is 3. The Morgan fingerprint density at radius 2 is 1.83 bits per heavy atom. The maximum absolute atomic E-state index is 13.3. The Morgan fingerprint density at radius 1 is 1.17 bits per heavy atom. The second-order valence-electron chi connectivity index (χ2n) is 5.16. The van der Waals surface area contributed by atoms with Crippen molar-refractivity contribution in [2.24, 2.45) is 0 Å². The number of alkyl halides is 1. The van der Waals surface area contributed by atoms with Gasteiger partial charge in [-0.1, -0.05) is 5.16 Å². The van der Waals surface area contributed by atoms with Gasteiger partial charge in [0.15, 0.2) is 11.5 Å². The van der Waals surface area contributed by atoms with E-state index >= 15 is 0 Å². The van der Waals surface area contributed by atoms with Gasteiger partial charge >= 0.3 is 0 Å². The highest BCUT2D eigenvalue weighted by molar-refractivity contribution is 5.85. The van der Waals surface area contributed by atoms with Crippen molar-refractivity contribution in [2.45, 2.75) is 18.6 Å². The van der Waals surface area contributed by atoms with Crippen LogP contribution in [0.2, 0.25) is 0 Å². The third-order valence-electron chi connectivity index (χ3n) is 3.74. The van der Waals surface area contributed by atoms with Crippen molar-refractivity contribution in [1.82, 2.24) is 15.5 Å². The van der Waals surface area contributed by atoms with Crippen molar-refractivity contribution >= 4 is 12.4 Å². The smallest absolute Gasteiger partial charge is 0.244 e. The molecule has 2 aromatic rings. The fraction of sp³-hybridized carbons (Fsp3) is 0.467. The summed E-state index contributed by atoms with van der Waals surface area (Å²) in [6.45, 7) is 0.298. The second-order valence-corrected chi connectivity index (χ2v) is 5.16. The summed E-state index contributed by atoms with van der Waals surface area (Å²) in [5.74, 6) is 2.23. The lowest BCUT2D eigenvalue weighted by atomic mass is 10.1. The summed E-state index contributed by atoms with van der Waals surface area (Å²) in [6.07, 6.45) is -0.562. The summed E-state index contributed by atoms with van der Waals surface area (Å²) in [5, 5.41) is 6.97. The molecule has 0 saturated carbocycles. The third kappa shape index (κ3) is 3.39. The van der Waals surface area contributed by atoms with Crippen LogP contribution >= 0.6 is 12.4 Å². The minimum atomic E-state index is -0.892. The Hall–Kier alpha value is -2.06. The predicted molar refractivity (Wildman–Crippen MR) is 86.9 cm³/mol. The topological polar surface area (TPSA) is 78.6 Å². The molecule has 1 aliphatic heterocycles. The monoisotopic (exact) mass is 359 g/mol. The Labute approximate surface area is 144 Å². The van der Waals surface area contributed by atoms with Crippen LogP contribution in [0.5, 0.6) is 17.2 Å². The normalized spacial score (nSPS) is 19.7. The van der Waals surface area contributed by atoms with Gasteiger partial charge in [0.05, 0.1) is 27.4 Å². The van der Waals surface area contributed by atoms with Gasteiger partial charge in [-0.3, -0.25) is 0 Å². The molecule has 1 fully saturated rings. The molecule has 0 spiro atoms. The van der Waals surface area contributed by atoms with Gasteiger partial charge in [-0.25, -0.2) is 4.39 Å². The number of halogens is 2. The first-order valence-corrected chi connectivity index (χ1v) is 7.17. The largest absolute Gasteiger partial charge is 0.493 e. The molecule has 1 aromatic heterocycles. The van der Waals surface area contributed by atoms with E-state index in [9.17, 15) is 4.39 Å². The SMILES string of the molecule is COc1cc(-c2noc([C@H]3C[C@H](F)CN3)n2)cc(OC)c1OC.Cl. The van der Waals surface area contributed by atoms with Crippen LogP contribution in [0.3, 0.4) is 0 Å². The summed E-state index contributed by atoms with van der Waals surface area (Å²) in [4.78, 5) is 4.34. The van der Waals surface area contributed by atoms with Gasteiger partial charge in [-0.15, -0.1) is 12.4 Å². The molecular formula is C15H19ClFN3O4. The zero-order chi connectivity index (χ0) is 16.4. The third-order valence-corrected chi connectivity index (χ3v) is 3.74. The standard InChI is InChI=1S/C15H18FN3O4.ClH/c1-20-11-4-8(5-12(21-2)13(11)22-3)14-18-15(23-19-14)10-6-9(16)7-17-10;/h4-5,9-10,17H,6-7H2,1-3H3;1H/t9-,10+;/m0./s1.